The number of nitrogens with one attached hydrogen (secondary N) is 1. The maximum Gasteiger partial charge on any atom is 0.151 e. The van der Waals surface area contributed by atoms with E-state index in [1.54, 1.807) is 6.26 Å². The summed E-state index contributed by atoms with van der Waals surface area (Å²) >= 11 is 0. The molecule has 1 aliphatic carbocycles. The second-order valence-electron chi connectivity index (χ2n) is 5.26. The van der Waals surface area contributed by atoms with Crippen LogP contribution in [0.5, 0.6) is 0 Å². The summed E-state index contributed by atoms with van der Waals surface area (Å²) in [6.07, 6.45) is 6.51. The summed E-state index contributed by atoms with van der Waals surface area (Å²) in [5, 5.41) is 3.21. The number of sulfone groups is 1. The van der Waals surface area contributed by atoms with Gasteiger partial charge in [-0.05, 0) is 31.9 Å². The lowest BCUT2D eigenvalue weighted by molar-refractivity contribution is 0.412. The van der Waals surface area contributed by atoms with Crippen LogP contribution in [-0.4, -0.2) is 32.0 Å². The standard InChI is InChI=1S/C13H21NO3S/c1-10(9-11-5-4-8-17-11)14-12-6-3-7-13(12)18(2,15)16/h4-5,8,10,12-14H,3,6-7,9H2,1-2H3. The first kappa shape index (κ1) is 13.6. The summed E-state index contributed by atoms with van der Waals surface area (Å²) in [6, 6.07) is 4.13. The quantitative estimate of drug-likeness (QED) is 0.886. The van der Waals surface area contributed by atoms with Crippen LogP contribution in [0.25, 0.3) is 0 Å². The summed E-state index contributed by atoms with van der Waals surface area (Å²) < 4.78 is 28.7. The van der Waals surface area contributed by atoms with Gasteiger partial charge < -0.3 is 9.73 Å². The molecule has 0 aliphatic heterocycles. The summed E-state index contributed by atoms with van der Waals surface area (Å²) in [5.41, 5.74) is 0. The molecule has 18 heavy (non-hydrogen) atoms. The van der Waals surface area contributed by atoms with Crippen LogP contribution in [0.4, 0.5) is 0 Å². The molecule has 1 aromatic rings. The van der Waals surface area contributed by atoms with Crippen LogP contribution in [0, 0.1) is 0 Å². The van der Waals surface area contributed by atoms with Crippen molar-refractivity contribution in [2.24, 2.45) is 0 Å². The fourth-order valence-electron chi connectivity index (χ4n) is 2.78. The molecule has 1 heterocycles. The van der Waals surface area contributed by atoms with Crippen molar-refractivity contribution in [2.75, 3.05) is 6.26 Å². The Morgan fingerprint density at radius 3 is 2.89 bits per heavy atom. The van der Waals surface area contributed by atoms with Gasteiger partial charge in [0.15, 0.2) is 9.84 Å². The van der Waals surface area contributed by atoms with Gasteiger partial charge in [-0.1, -0.05) is 6.42 Å². The van der Waals surface area contributed by atoms with Gasteiger partial charge in [-0.15, -0.1) is 0 Å². The van der Waals surface area contributed by atoms with E-state index in [4.69, 9.17) is 4.42 Å². The summed E-state index contributed by atoms with van der Waals surface area (Å²) in [7, 11) is -2.95. The molecule has 0 saturated heterocycles. The van der Waals surface area contributed by atoms with Crippen LogP contribution in [0.1, 0.15) is 31.9 Å². The maximum absolute atomic E-state index is 11.7. The third-order valence-corrected chi connectivity index (χ3v) is 5.25. The highest BCUT2D eigenvalue weighted by atomic mass is 32.2. The van der Waals surface area contributed by atoms with Crippen molar-refractivity contribution < 1.29 is 12.8 Å². The normalized spacial score (nSPS) is 26.3. The van der Waals surface area contributed by atoms with Crippen LogP contribution in [0.3, 0.4) is 0 Å². The van der Waals surface area contributed by atoms with Crippen molar-refractivity contribution in [3.63, 3.8) is 0 Å². The lowest BCUT2D eigenvalue weighted by Crippen LogP contribution is -2.44. The molecular formula is C13H21NO3S. The molecule has 0 spiro atoms. The Bertz CT molecular complexity index is 466. The first-order valence-electron chi connectivity index (χ1n) is 6.44. The minimum absolute atomic E-state index is 0.0879. The van der Waals surface area contributed by atoms with Crippen molar-refractivity contribution in [1.29, 1.82) is 0 Å². The summed E-state index contributed by atoms with van der Waals surface area (Å²) in [5.74, 6) is 0.934. The van der Waals surface area contributed by atoms with Gasteiger partial charge in [-0.3, -0.25) is 0 Å². The molecule has 3 atom stereocenters. The van der Waals surface area contributed by atoms with Gasteiger partial charge in [-0.25, -0.2) is 8.42 Å². The molecule has 2 rings (SSSR count). The van der Waals surface area contributed by atoms with Crippen molar-refractivity contribution in [3.8, 4) is 0 Å². The van der Waals surface area contributed by atoms with E-state index in [9.17, 15) is 8.42 Å². The first-order chi connectivity index (χ1) is 8.47. The van der Waals surface area contributed by atoms with Crippen LogP contribution >= 0.6 is 0 Å². The molecule has 3 unspecified atom stereocenters. The topological polar surface area (TPSA) is 59.3 Å². The Labute approximate surface area is 109 Å². The van der Waals surface area contributed by atoms with Crippen molar-refractivity contribution in [3.05, 3.63) is 24.2 Å². The zero-order chi connectivity index (χ0) is 13.2. The van der Waals surface area contributed by atoms with Gasteiger partial charge in [0, 0.05) is 24.8 Å². The second-order valence-corrected chi connectivity index (χ2v) is 7.52. The third-order valence-electron chi connectivity index (χ3n) is 3.59. The van der Waals surface area contributed by atoms with Crippen molar-refractivity contribution in [1.82, 2.24) is 5.32 Å². The summed E-state index contributed by atoms with van der Waals surface area (Å²) in [6.45, 7) is 2.07. The van der Waals surface area contributed by atoms with Crippen LogP contribution in [0.15, 0.2) is 22.8 Å². The Hall–Kier alpha value is -0.810. The van der Waals surface area contributed by atoms with E-state index < -0.39 is 9.84 Å². The van der Waals surface area contributed by atoms with E-state index in [2.05, 4.69) is 12.2 Å². The van der Waals surface area contributed by atoms with Gasteiger partial charge in [0.2, 0.25) is 0 Å². The number of hydrogen-bond acceptors (Lipinski definition) is 4. The Kier molecular flexibility index (Phi) is 4.12. The molecule has 0 radical (unpaired) electrons. The second kappa shape index (κ2) is 5.45. The van der Waals surface area contributed by atoms with Crippen molar-refractivity contribution >= 4 is 9.84 Å². The average Bonchev–Trinajstić information content (AvgIpc) is 2.87. The van der Waals surface area contributed by atoms with Gasteiger partial charge >= 0.3 is 0 Å². The van der Waals surface area contributed by atoms with Gasteiger partial charge in [0.1, 0.15) is 5.76 Å². The molecule has 1 aromatic heterocycles. The molecule has 1 N–H and O–H groups in total. The van der Waals surface area contributed by atoms with Gasteiger partial charge in [0.25, 0.3) is 0 Å². The molecule has 4 nitrogen and oxygen atoms in total. The Morgan fingerprint density at radius 2 is 2.28 bits per heavy atom. The molecule has 102 valence electrons. The fourth-order valence-corrected chi connectivity index (χ4v) is 4.19. The SMILES string of the molecule is CC(Cc1ccco1)NC1CCCC1S(C)(=O)=O. The fraction of sp³-hybridized carbons (Fsp3) is 0.692. The monoisotopic (exact) mass is 271 g/mol. The lowest BCUT2D eigenvalue weighted by atomic mass is 10.1. The molecule has 1 aliphatic rings. The molecule has 1 fully saturated rings. The maximum atomic E-state index is 11.7. The molecule has 0 amide bonds. The highest BCUT2D eigenvalue weighted by molar-refractivity contribution is 7.91. The largest absolute Gasteiger partial charge is 0.469 e. The zero-order valence-electron chi connectivity index (χ0n) is 10.9. The van der Waals surface area contributed by atoms with E-state index in [1.165, 1.54) is 6.26 Å². The van der Waals surface area contributed by atoms with E-state index in [1.807, 2.05) is 12.1 Å². The number of rotatable bonds is 5. The van der Waals surface area contributed by atoms with E-state index in [0.29, 0.717) is 0 Å². The number of furan rings is 1. The van der Waals surface area contributed by atoms with E-state index in [0.717, 1.165) is 31.4 Å². The average molecular weight is 271 g/mol. The smallest absolute Gasteiger partial charge is 0.151 e. The molecule has 1 saturated carbocycles. The van der Waals surface area contributed by atoms with Crippen LogP contribution in [0.2, 0.25) is 0 Å². The highest BCUT2D eigenvalue weighted by Gasteiger charge is 2.35. The highest BCUT2D eigenvalue weighted by Crippen LogP contribution is 2.25. The van der Waals surface area contributed by atoms with Crippen LogP contribution in [-0.2, 0) is 16.3 Å². The third kappa shape index (κ3) is 3.36. The number of hydrogen-bond donors (Lipinski definition) is 1. The zero-order valence-corrected chi connectivity index (χ0v) is 11.7. The predicted octanol–water partition coefficient (Wildman–Crippen LogP) is 1.77. The minimum atomic E-state index is -2.95. The molecule has 0 bridgehead atoms. The first-order valence-corrected chi connectivity index (χ1v) is 8.39. The molecular weight excluding hydrogens is 250 g/mol. The minimum Gasteiger partial charge on any atom is -0.469 e. The molecule has 0 aromatic carbocycles. The Balaban J connectivity index is 1.92. The van der Waals surface area contributed by atoms with Gasteiger partial charge in [0.05, 0.1) is 11.5 Å². The van der Waals surface area contributed by atoms with E-state index in [-0.39, 0.29) is 17.3 Å². The lowest BCUT2D eigenvalue weighted by Gasteiger charge is -2.23. The predicted molar refractivity (Wildman–Crippen MR) is 71.3 cm³/mol. The van der Waals surface area contributed by atoms with Crippen LogP contribution < -0.4 is 5.32 Å². The van der Waals surface area contributed by atoms with Gasteiger partial charge in [-0.2, -0.15) is 0 Å². The Morgan fingerprint density at radius 1 is 1.50 bits per heavy atom. The summed E-state index contributed by atoms with van der Waals surface area (Å²) in [4.78, 5) is 0. The van der Waals surface area contributed by atoms with Crippen molar-refractivity contribution in [2.45, 2.75) is 49.9 Å². The van der Waals surface area contributed by atoms with E-state index >= 15 is 0 Å². The molecule has 5 heteroatoms.